The van der Waals surface area contributed by atoms with Crippen LogP contribution in [0.3, 0.4) is 0 Å². The number of amides is 1. The molecule has 9 heteroatoms. The highest BCUT2D eigenvalue weighted by atomic mass is 32.2. The molecule has 0 radical (unpaired) electrons. The highest BCUT2D eigenvalue weighted by molar-refractivity contribution is 7.87. The highest BCUT2D eigenvalue weighted by Gasteiger charge is 2.32. The summed E-state index contributed by atoms with van der Waals surface area (Å²) in [7, 11) is -2.62. The summed E-state index contributed by atoms with van der Waals surface area (Å²) in [6, 6.07) is 9.15. The van der Waals surface area contributed by atoms with Crippen molar-refractivity contribution in [3.05, 3.63) is 35.2 Å². The molecule has 25 heavy (non-hydrogen) atoms. The van der Waals surface area contributed by atoms with Crippen molar-refractivity contribution in [2.75, 3.05) is 20.2 Å². The Morgan fingerprint density at radius 3 is 2.56 bits per heavy atom. The number of piperidine rings is 1. The minimum atomic E-state index is -3.94. The van der Waals surface area contributed by atoms with Gasteiger partial charge in [-0.2, -0.15) is 12.7 Å². The van der Waals surface area contributed by atoms with Crippen molar-refractivity contribution >= 4 is 43.5 Å². The summed E-state index contributed by atoms with van der Waals surface area (Å²) < 4.78 is 33.7. The molecule has 1 saturated heterocycles. The number of ether oxygens (including phenoxy) is 1. The van der Waals surface area contributed by atoms with Crippen molar-refractivity contribution in [2.24, 2.45) is 5.92 Å². The van der Waals surface area contributed by atoms with Gasteiger partial charge in [0.1, 0.15) is 0 Å². The number of esters is 1. The molecule has 1 aliphatic rings. The number of methoxy groups -OCH3 is 1. The van der Waals surface area contributed by atoms with Gasteiger partial charge in [0.2, 0.25) is 0 Å². The molecule has 0 bridgehead atoms. The first-order chi connectivity index (χ1) is 11.9. The van der Waals surface area contributed by atoms with Gasteiger partial charge in [0.25, 0.3) is 5.91 Å². The summed E-state index contributed by atoms with van der Waals surface area (Å²) in [6.45, 7) is 0.351. The molecule has 1 aromatic heterocycles. The van der Waals surface area contributed by atoms with Crippen LogP contribution in [0.4, 0.5) is 0 Å². The number of fused-ring (bicyclic) bond motifs is 1. The molecule has 0 unspecified atom stereocenters. The van der Waals surface area contributed by atoms with E-state index in [4.69, 9.17) is 0 Å². The van der Waals surface area contributed by atoms with Gasteiger partial charge in [-0.1, -0.05) is 18.2 Å². The van der Waals surface area contributed by atoms with E-state index in [9.17, 15) is 18.0 Å². The van der Waals surface area contributed by atoms with E-state index in [0.717, 1.165) is 10.1 Å². The maximum absolute atomic E-state index is 12.4. The molecule has 134 valence electrons. The maximum Gasteiger partial charge on any atom is 0.308 e. The number of carbonyl (C=O) groups is 2. The van der Waals surface area contributed by atoms with E-state index < -0.39 is 16.1 Å². The standard InChI is InChI=1S/C16H18N2O5S2/c1-23-16(20)11-6-8-18(9-7-11)25(21,22)17-15(19)14-10-12-4-2-3-5-13(12)24-14/h2-5,10-11H,6-9H2,1H3,(H,17,19). The third kappa shape index (κ3) is 3.83. The van der Waals surface area contributed by atoms with Gasteiger partial charge < -0.3 is 4.74 Å². The lowest BCUT2D eigenvalue weighted by atomic mass is 9.99. The summed E-state index contributed by atoms with van der Waals surface area (Å²) in [6.07, 6.45) is 0.759. The summed E-state index contributed by atoms with van der Waals surface area (Å²) in [5.74, 6) is -1.27. The first-order valence-corrected chi connectivity index (χ1v) is 10.0. The molecule has 1 aliphatic heterocycles. The fourth-order valence-corrected chi connectivity index (χ4v) is 5.01. The largest absolute Gasteiger partial charge is 0.469 e. The number of rotatable bonds is 4. The summed E-state index contributed by atoms with van der Waals surface area (Å²) >= 11 is 1.24. The molecule has 0 saturated carbocycles. The minimum absolute atomic E-state index is 0.175. The van der Waals surface area contributed by atoms with Crippen molar-refractivity contribution in [3.63, 3.8) is 0 Å². The Kier molecular flexibility index (Phi) is 5.07. The summed E-state index contributed by atoms with van der Waals surface area (Å²) in [5.41, 5.74) is 0. The normalized spacial score (nSPS) is 16.7. The number of hydrogen-bond donors (Lipinski definition) is 1. The highest BCUT2D eigenvalue weighted by Crippen LogP contribution is 2.26. The zero-order valence-corrected chi connectivity index (χ0v) is 15.2. The smallest absolute Gasteiger partial charge is 0.308 e. The second-order valence-electron chi connectivity index (χ2n) is 5.78. The summed E-state index contributed by atoms with van der Waals surface area (Å²) in [4.78, 5) is 24.2. The van der Waals surface area contributed by atoms with E-state index in [1.807, 2.05) is 24.3 Å². The maximum atomic E-state index is 12.4. The van der Waals surface area contributed by atoms with E-state index in [-0.39, 0.29) is 25.0 Å². The zero-order chi connectivity index (χ0) is 18.0. The van der Waals surface area contributed by atoms with Crippen LogP contribution in [-0.2, 0) is 19.7 Å². The van der Waals surface area contributed by atoms with E-state index in [2.05, 4.69) is 9.46 Å². The molecular formula is C16H18N2O5S2. The first kappa shape index (κ1) is 17.8. The van der Waals surface area contributed by atoms with Gasteiger partial charge in [-0.15, -0.1) is 11.3 Å². The lowest BCUT2D eigenvalue weighted by molar-refractivity contribution is -0.146. The van der Waals surface area contributed by atoms with Crippen LogP contribution >= 0.6 is 11.3 Å². The second-order valence-corrected chi connectivity index (χ2v) is 8.54. The van der Waals surface area contributed by atoms with E-state index in [1.54, 1.807) is 6.07 Å². The van der Waals surface area contributed by atoms with Crippen molar-refractivity contribution in [1.82, 2.24) is 9.03 Å². The number of hydrogen-bond acceptors (Lipinski definition) is 6. The predicted octanol–water partition coefficient (Wildman–Crippen LogP) is 1.76. The van der Waals surface area contributed by atoms with Crippen molar-refractivity contribution in [2.45, 2.75) is 12.8 Å². The average molecular weight is 382 g/mol. The Bertz CT molecular complexity index is 865. The third-order valence-corrected chi connectivity index (χ3v) is 6.80. The molecule has 2 aromatic rings. The van der Waals surface area contributed by atoms with Crippen molar-refractivity contribution in [3.8, 4) is 0 Å². The monoisotopic (exact) mass is 382 g/mol. The van der Waals surface area contributed by atoms with Crippen molar-refractivity contribution < 1.29 is 22.7 Å². The topological polar surface area (TPSA) is 92.8 Å². The van der Waals surface area contributed by atoms with Crippen LogP contribution in [0.15, 0.2) is 30.3 Å². The van der Waals surface area contributed by atoms with Crippen LogP contribution < -0.4 is 4.72 Å². The van der Waals surface area contributed by atoms with Gasteiger partial charge in [0.05, 0.1) is 17.9 Å². The van der Waals surface area contributed by atoms with Crippen LogP contribution in [0.5, 0.6) is 0 Å². The third-order valence-electron chi connectivity index (χ3n) is 4.20. The molecule has 1 N–H and O–H groups in total. The Balaban J connectivity index is 1.67. The van der Waals surface area contributed by atoms with E-state index in [0.29, 0.717) is 17.7 Å². The summed E-state index contributed by atoms with van der Waals surface area (Å²) in [5, 5.41) is 0.897. The van der Waals surface area contributed by atoms with E-state index in [1.165, 1.54) is 22.8 Å². The quantitative estimate of drug-likeness (QED) is 0.814. The zero-order valence-electron chi connectivity index (χ0n) is 13.6. The fraction of sp³-hybridized carbons (Fsp3) is 0.375. The number of benzene rings is 1. The van der Waals surface area contributed by atoms with Gasteiger partial charge in [-0.3, -0.25) is 9.59 Å². The molecule has 0 spiro atoms. The SMILES string of the molecule is COC(=O)C1CCN(S(=O)(=O)NC(=O)c2cc3ccccc3s2)CC1. The molecule has 0 aliphatic carbocycles. The Morgan fingerprint density at radius 2 is 1.92 bits per heavy atom. The molecule has 7 nitrogen and oxygen atoms in total. The number of thiophene rings is 1. The molecular weight excluding hydrogens is 364 g/mol. The molecule has 2 heterocycles. The van der Waals surface area contributed by atoms with Crippen LogP contribution in [0.2, 0.25) is 0 Å². The Morgan fingerprint density at radius 1 is 1.24 bits per heavy atom. The minimum Gasteiger partial charge on any atom is -0.469 e. The molecule has 3 rings (SSSR count). The number of carbonyl (C=O) groups excluding carboxylic acids is 2. The lowest BCUT2D eigenvalue weighted by Gasteiger charge is -2.29. The van der Waals surface area contributed by atoms with E-state index >= 15 is 0 Å². The predicted molar refractivity (Wildman–Crippen MR) is 94.5 cm³/mol. The molecule has 0 atom stereocenters. The van der Waals surface area contributed by atoms with Crippen LogP contribution in [-0.4, -0.2) is 44.8 Å². The number of nitrogens with one attached hydrogen (secondary N) is 1. The van der Waals surface area contributed by atoms with Gasteiger partial charge in [-0.25, -0.2) is 4.72 Å². The fourth-order valence-electron chi connectivity index (χ4n) is 2.82. The molecule has 1 aromatic carbocycles. The van der Waals surface area contributed by atoms with Crippen LogP contribution in [0, 0.1) is 5.92 Å². The Labute approximate surface area is 149 Å². The Hall–Kier alpha value is -1.97. The average Bonchev–Trinajstić information content (AvgIpc) is 3.05. The molecule has 1 amide bonds. The van der Waals surface area contributed by atoms with Gasteiger partial charge in [0.15, 0.2) is 0 Å². The van der Waals surface area contributed by atoms with Gasteiger partial charge in [0, 0.05) is 17.8 Å². The number of nitrogens with zero attached hydrogens (tertiary/aromatic N) is 1. The van der Waals surface area contributed by atoms with Crippen LogP contribution in [0.1, 0.15) is 22.5 Å². The first-order valence-electron chi connectivity index (χ1n) is 7.79. The lowest BCUT2D eigenvalue weighted by Crippen LogP contribution is -2.47. The van der Waals surface area contributed by atoms with Crippen LogP contribution in [0.25, 0.3) is 10.1 Å². The van der Waals surface area contributed by atoms with Gasteiger partial charge in [-0.05, 0) is 30.4 Å². The van der Waals surface area contributed by atoms with Crippen molar-refractivity contribution in [1.29, 1.82) is 0 Å². The molecule has 1 fully saturated rings. The van der Waals surface area contributed by atoms with Gasteiger partial charge >= 0.3 is 16.2 Å². The second kappa shape index (κ2) is 7.11.